The minimum Gasteiger partial charge on any atom is -0.255 e. The summed E-state index contributed by atoms with van der Waals surface area (Å²) >= 11 is 0. The van der Waals surface area contributed by atoms with Crippen molar-refractivity contribution in [2.75, 3.05) is 0 Å². The summed E-state index contributed by atoms with van der Waals surface area (Å²) in [5.41, 5.74) is 10.4. The Hall–Kier alpha value is -5.74. The molecule has 4 nitrogen and oxygen atoms in total. The van der Waals surface area contributed by atoms with Gasteiger partial charge >= 0.3 is 0 Å². The van der Waals surface area contributed by atoms with E-state index in [4.69, 9.17) is 9.97 Å². The Labute approximate surface area is 262 Å². The summed E-state index contributed by atoms with van der Waals surface area (Å²) in [4.78, 5) is 18.7. The number of aromatic nitrogens is 4. The molecule has 1 aliphatic carbocycles. The standard InChI is InChI=1S/C41H30N4/c1-27-9-8-10-28(23-27)29-15-18-34-35(24-29)41(31-17-20-39(45-26-31)37-14-5-7-22-43-37)33-12-3-2-11-32(33)40(34)30-16-19-38(44-25-30)36-13-4-6-21-42-36/h2-8,10-27H,9H2,1H3. The number of nitrogens with zero attached hydrogens (tertiary/aromatic N) is 4. The van der Waals surface area contributed by atoms with Crippen molar-refractivity contribution in [1.82, 2.24) is 19.9 Å². The lowest BCUT2D eigenvalue weighted by atomic mass is 9.84. The Kier molecular flexibility index (Phi) is 6.80. The molecular formula is C41H30N4. The summed E-state index contributed by atoms with van der Waals surface area (Å²) in [7, 11) is 0. The van der Waals surface area contributed by atoms with Crippen LogP contribution in [0.5, 0.6) is 0 Å². The third-order valence-corrected chi connectivity index (χ3v) is 8.59. The van der Waals surface area contributed by atoms with Crippen molar-refractivity contribution in [3.05, 3.63) is 152 Å². The summed E-state index contributed by atoms with van der Waals surface area (Å²) in [6.07, 6.45) is 15.6. The molecule has 0 spiro atoms. The first-order valence-electron chi connectivity index (χ1n) is 15.4. The van der Waals surface area contributed by atoms with Crippen molar-refractivity contribution in [3.63, 3.8) is 0 Å². The summed E-state index contributed by atoms with van der Waals surface area (Å²) in [5.74, 6) is 0.513. The molecule has 1 aliphatic rings. The van der Waals surface area contributed by atoms with Crippen molar-refractivity contribution < 1.29 is 0 Å². The maximum absolute atomic E-state index is 4.88. The highest BCUT2D eigenvalue weighted by atomic mass is 14.8. The molecule has 0 amide bonds. The van der Waals surface area contributed by atoms with Crippen molar-refractivity contribution in [2.45, 2.75) is 13.3 Å². The van der Waals surface area contributed by atoms with Crippen LogP contribution in [0, 0.1) is 5.92 Å². The highest BCUT2D eigenvalue weighted by Gasteiger charge is 2.19. The zero-order valence-corrected chi connectivity index (χ0v) is 24.9. The number of hydrogen-bond donors (Lipinski definition) is 0. The minimum absolute atomic E-state index is 0.513. The minimum atomic E-state index is 0.513. The van der Waals surface area contributed by atoms with Crippen molar-refractivity contribution >= 4 is 27.1 Å². The van der Waals surface area contributed by atoms with Crippen LogP contribution in [0.15, 0.2) is 146 Å². The van der Waals surface area contributed by atoms with Crippen molar-refractivity contribution in [2.24, 2.45) is 5.92 Å². The average Bonchev–Trinajstić information content (AvgIpc) is 3.11. The number of fused-ring (bicyclic) bond motifs is 2. The van der Waals surface area contributed by atoms with E-state index in [9.17, 15) is 0 Å². The lowest BCUT2D eigenvalue weighted by Crippen LogP contribution is -1.97. The Bertz CT molecular complexity index is 2220. The van der Waals surface area contributed by atoms with Gasteiger partial charge in [0.05, 0.1) is 22.8 Å². The van der Waals surface area contributed by atoms with Gasteiger partial charge in [-0.15, -0.1) is 0 Å². The van der Waals surface area contributed by atoms with E-state index >= 15 is 0 Å². The second-order valence-corrected chi connectivity index (χ2v) is 11.6. The second kappa shape index (κ2) is 11.4. The fourth-order valence-corrected chi connectivity index (χ4v) is 6.43. The van der Waals surface area contributed by atoms with Crippen LogP contribution in [0.3, 0.4) is 0 Å². The molecule has 4 heteroatoms. The first-order chi connectivity index (χ1) is 22.2. The summed E-state index contributed by atoms with van der Waals surface area (Å²) in [6.45, 7) is 2.28. The van der Waals surface area contributed by atoms with Gasteiger partial charge in [-0.05, 0) is 98.6 Å². The Morgan fingerprint density at radius 2 is 1.04 bits per heavy atom. The number of hydrogen-bond acceptors (Lipinski definition) is 4. The molecule has 0 saturated heterocycles. The molecule has 3 aromatic carbocycles. The third-order valence-electron chi connectivity index (χ3n) is 8.59. The molecule has 0 N–H and O–H groups in total. The molecule has 4 heterocycles. The SMILES string of the molecule is CC1C=C(c2ccc3c(-c4ccc(-c5ccccn5)nc4)c4ccccc4c(-c4ccc(-c5ccccn5)nc4)c3c2)C=CC1. The zero-order valence-electron chi connectivity index (χ0n) is 24.9. The van der Waals surface area contributed by atoms with Crippen LogP contribution in [-0.2, 0) is 0 Å². The lowest BCUT2D eigenvalue weighted by Gasteiger charge is -2.19. The van der Waals surface area contributed by atoms with Gasteiger partial charge in [0, 0.05) is 35.9 Å². The van der Waals surface area contributed by atoms with Crippen LogP contribution in [0.25, 0.3) is 72.1 Å². The monoisotopic (exact) mass is 578 g/mol. The van der Waals surface area contributed by atoms with Gasteiger partial charge in [-0.3, -0.25) is 19.9 Å². The van der Waals surface area contributed by atoms with Gasteiger partial charge in [-0.2, -0.15) is 0 Å². The van der Waals surface area contributed by atoms with Crippen LogP contribution in [-0.4, -0.2) is 19.9 Å². The van der Waals surface area contributed by atoms with E-state index in [-0.39, 0.29) is 0 Å². The van der Waals surface area contributed by atoms with E-state index in [1.165, 1.54) is 43.8 Å². The van der Waals surface area contributed by atoms with Gasteiger partial charge in [-0.1, -0.05) is 85.8 Å². The first kappa shape index (κ1) is 26.9. The maximum Gasteiger partial charge on any atom is 0.0886 e. The maximum atomic E-state index is 4.88. The predicted octanol–water partition coefficient (Wildman–Crippen LogP) is 10.2. The summed E-state index contributed by atoms with van der Waals surface area (Å²) in [5, 5.41) is 4.73. The molecule has 0 radical (unpaired) electrons. The molecule has 0 bridgehead atoms. The smallest absolute Gasteiger partial charge is 0.0886 e. The number of benzene rings is 3. The highest BCUT2D eigenvalue weighted by Crippen LogP contribution is 2.44. The molecule has 0 saturated carbocycles. The van der Waals surface area contributed by atoms with Crippen LogP contribution in [0.2, 0.25) is 0 Å². The normalized spacial score (nSPS) is 14.5. The Balaban J connectivity index is 1.37. The van der Waals surface area contributed by atoms with Gasteiger partial charge in [-0.25, -0.2) is 0 Å². The topological polar surface area (TPSA) is 51.6 Å². The van der Waals surface area contributed by atoms with E-state index in [2.05, 4.69) is 102 Å². The average molecular weight is 579 g/mol. The van der Waals surface area contributed by atoms with Crippen LogP contribution in [0.1, 0.15) is 18.9 Å². The van der Waals surface area contributed by atoms with E-state index in [0.29, 0.717) is 5.92 Å². The van der Waals surface area contributed by atoms with Gasteiger partial charge in [0.15, 0.2) is 0 Å². The molecule has 1 unspecified atom stereocenters. The van der Waals surface area contributed by atoms with Crippen molar-refractivity contribution in [1.29, 1.82) is 0 Å². The fourth-order valence-electron chi connectivity index (χ4n) is 6.43. The number of pyridine rings is 4. The third kappa shape index (κ3) is 5.00. The van der Waals surface area contributed by atoms with E-state index in [1.807, 2.05) is 48.8 Å². The molecule has 1 atom stereocenters. The molecule has 7 aromatic rings. The second-order valence-electron chi connectivity index (χ2n) is 11.6. The molecule has 0 fully saturated rings. The van der Waals surface area contributed by atoms with Crippen LogP contribution < -0.4 is 0 Å². The van der Waals surface area contributed by atoms with E-state index in [0.717, 1.165) is 40.3 Å². The van der Waals surface area contributed by atoms with E-state index in [1.54, 1.807) is 12.4 Å². The van der Waals surface area contributed by atoms with Gasteiger partial charge in [0.25, 0.3) is 0 Å². The van der Waals surface area contributed by atoms with Gasteiger partial charge in [0.2, 0.25) is 0 Å². The van der Waals surface area contributed by atoms with E-state index < -0.39 is 0 Å². The highest BCUT2D eigenvalue weighted by molar-refractivity contribution is 6.21. The fraction of sp³-hybridized carbons (Fsp3) is 0.0732. The Morgan fingerprint density at radius 1 is 0.511 bits per heavy atom. The molecule has 45 heavy (non-hydrogen) atoms. The molecule has 4 aromatic heterocycles. The quantitative estimate of drug-likeness (QED) is 0.191. The molecule has 0 aliphatic heterocycles. The molecule has 8 rings (SSSR count). The number of allylic oxidation sites excluding steroid dienone is 4. The van der Waals surface area contributed by atoms with Gasteiger partial charge in [0.1, 0.15) is 0 Å². The molecule has 214 valence electrons. The van der Waals surface area contributed by atoms with Crippen LogP contribution in [0.4, 0.5) is 0 Å². The lowest BCUT2D eigenvalue weighted by molar-refractivity contribution is 0.740. The summed E-state index contributed by atoms with van der Waals surface area (Å²) in [6, 6.07) is 35.9. The van der Waals surface area contributed by atoms with Gasteiger partial charge < -0.3 is 0 Å². The number of rotatable bonds is 5. The summed E-state index contributed by atoms with van der Waals surface area (Å²) < 4.78 is 0. The zero-order chi connectivity index (χ0) is 30.2. The first-order valence-corrected chi connectivity index (χ1v) is 15.4. The molecular weight excluding hydrogens is 548 g/mol. The van der Waals surface area contributed by atoms with Crippen molar-refractivity contribution in [3.8, 4) is 45.0 Å². The van der Waals surface area contributed by atoms with Crippen LogP contribution >= 0.6 is 0 Å². The largest absolute Gasteiger partial charge is 0.255 e. The predicted molar refractivity (Wildman–Crippen MR) is 185 cm³/mol. The Morgan fingerprint density at radius 3 is 1.58 bits per heavy atom.